The van der Waals surface area contributed by atoms with Gasteiger partial charge in [-0.2, -0.15) is 0 Å². The smallest absolute Gasteiger partial charge is 0.235 e. The summed E-state index contributed by atoms with van der Waals surface area (Å²) in [6.07, 6.45) is 1.25. The molecule has 0 spiro atoms. The molecule has 0 radical (unpaired) electrons. The molecule has 1 aliphatic carbocycles. The fraction of sp³-hybridized carbons (Fsp3) is 0.111. The summed E-state index contributed by atoms with van der Waals surface area (Å²) in [6, 6.07) is 63.5. The maximum absolute atomic E-state index is 5.38. The molecule has 0 N–H and O–H groups in total. The number of rotatable bonds is 4. The molecule has 1 aliphatic rings. The van der Waals surface area contributed by atoms with Crippen LogP contribution in [0.1, 0.15) is 45.2 Å². The summed E-state index contributed by atoms with van der Waals surface area (Å²) in [5, 5.41) is 7.34. The second kappa shape index (κ2) is 13.7. The van der Waals surface area contributed by atoms with Crippen molar-refractivity contribution in [3.63, 3.8) is 0 Å². The molecular formula is C54H43N3. The Morgan fingerprint density at radius 3 is 1.74 bits per heavy atom. The van der Waals surface area contributed by atoms with E-state index in [-0.39, 0.29) is 5.41 Å². The van der Waals surface area contributed by atoms with E-state index in [1.165, 1.54) is 66.6 Å². The Hall–Kier alpha value is -6.84. The van der Waals surface area contributed by atoms with E-state index in [0.29, 0.717) is 5.95 Å². The number of para-hydroxylation sites is 1. The molecule has 3 heteroatoms. The molecule has 11 rings (SSSR count). The summed E-state index contributed by atoms with van der Waals surface area (Å²) < 4.78 is 2.31. The molecule has 0 saturated heterocycles. The predicted octanol–water partition coefficient (Wildman–Crippen LogP) is 14.6. The molecule has 0 saturated carbocycles. The van der Waals surface area contributed by atoms with Gasteiger partial charge < -0.3 is 0 Å². The van der Waals surface area contributed by atoms with Crippen LogP contribution >= 0.6 is 0 Å². The van der Waals surface area contributed by atoms with Crippen molar-refractivity contribution in [1.29, 1.82) is 0 Å². The van der Waals surface area contributed by atoms with Crippen LogP contribution in [0.4, 0.5) is 0 Å². The minimum atomic E-state index is -0.152. The van der Waals surface area contributed by atoms with Gasteiger partial charge in [-0.05, 0) is 73.6 Å². The van der Waals surface area contributed by atoms with Crippen LogP contribution < -0.4 is 0 Å². The van der Waals surface area contributed by atoms with Gasteiger partial charge in [-0.1, -0.05) is 186 Å². The van der Waals surface area contributed by atoms with E-state index in [9.17, 15) is 0 Å². The molecule has 0 aliphatic heterocycles. The molecule has 0 unspecified atom stereocenters. The summed E-state index contributed by atoms with van der Waals surface area (Å²) in [4.78, 5) is 10.8. The van der Waals surface area contributed by atoms with Crippen LogP contribution in [0, 0.1) is 0 Å². The number of hydrogen-bond acceptors (Lipinski definition) is 2. The zero-order valence-corrected chi connectivity index (χ0v) is 32.8. The number of hydrogen-bond donors (Lipinski definition) is 0. The van der Waals surface area contributed by atoms with Gasteiger partial charge in [0.1, 0.15) is 0 Å². The van der Waals surface area contributed by atoms with Crippen LogP contribution in [0.15, 0.2) is 176 Å². The average Bonchev–Trinajstić information content (AvgIpc) is 3.71. The molecular weight excluding hydrogens is 691 g/mol. The third-order valence-electron chi connectivity index (χ3n) is 11.6. The fourth-order valence-corrected chi connectivity index (χ4v) is 8.91. The fourth-order valence-electron chi connectivity index (χ4n) is 8.91. The highest BCUT2D eigenvalue weighted by molar-refractivity contribution is 6.17. The lowest BCUT2D eigenvalue weighted by Crippen LogP contribution is -2.15. The second-order valence-electron chi connectivity index (χ2n) is 15.7. The predicted molar refractivity (Wildman–Crippen MR) is 241 cm³/mol. The van der Waals surface area contributed by atoms with Crippen molar-refractivity contribution in [3.8, 4) is 50.7 Å². The summed E-state index contributed by atoms with van der Waals surface area (Å²) in [7, 11) is 0. The van der Waals surface area contributed by atoms with Gasteiger partial charge in [-0.3, -0.25) is 4.57 Å². The van der Waals surface area contributed by atoms with Gasteiger partial charge >= 0.3 is 0 Å². The zero-order chi connectivity index (χ0) is 38.7. The van der Waals surface area contributed by atoms with Crippen LogP contribution in [-0.2, 0) is 5.41 Å². The average molecular weight is 734 g/mol. The molecule has 2 heterocycles. The standard InChI is InChI=1S/C51H35N3.C3H8/c1-51(2)43-27-25-32-14-11-12-21-38(32)48(43)41-26-24-37(29-44(41)51)39-22-13-23-40-42-28-35-19-9-10-20-36(35)30-47(42)54(49(39)40)50-52-45(33-15-5-3-6-16-33)31-46(53-50)34-17-7-4-8-18-34;1-3-2/h3-31H,1-2H3;3H2,1-2H3. The minimum absolute atomic E-state index is 0.152. The van der Waals surface area contributed by atoms with Gasteiger partial charge in [0.2, 0.25) is 5.95 Å². The first kappa shape index (κ1) is 34.6. The highest BCUT2D eigenvalue weighted by Gasteiger charge is 2.36. The number of nitrogens with zero attached hydrogens (tertiary/aromatic N) is 3. The first-order chi connectivity index (χ1) is 27.9. The van der Waals surface area contributed by atoms with Crippen molar-refractivity contribution < 1.29 is 0 Å². The Balaban J connectivity index is 0.00000128. The van der Waals surface area contributed by atoms with E-state index in [2.05, 4.69) is 196 Å². The van der Waals surface area contributed by atoms with Crippen molar-refractivity contribution in [3.05, 3.63) is 187 Å². The lowest BCUT2D eigenvalue weighted by Gasteiger charge is -2.22. The van der Waals surface area contributed by atoms with Gasteiger partial charge in [-0.25, -0.2) is 9.97 Å². The summed E-state index contributed by atoms with van der Waals surface area (Å²) in [5.41, 5.74) is 13.7. The monoisotopic (exact) mass is 733 g/mol. The van der Waals surface area contributed by atoms with Gasteiger partial charge in [0.15, 0.2) is 0 Å². The normalized spacial score (nSPS) is 12.8. The topological polar surface area (TPSA) is 30.7 Å². The second-order valence-corrected chi connectivity index (χ2v) is 15.7. The zero-order valence-electron chi connectivity index (χ0n) is 32.8. The van der Waals surface area contributed by atoms with Crippen molar-refractivity contribution in [2.75, 3.05) is 0 Å². The molecule has 0 bridgehead atoms. The maximum atomic E-state index is 5.38. The van der Waals surface area contributed by atoms with Crippen molar-refractivity contribution in [1.82, 2.24) is 14.5 Å². The molecule has 0 amide bonds. The van der Waals surface area contributed by atoms with Crippen LogP contribution in [0.2, 0.25) is 0 Å². The molecule has 2 aromatic heterocycles. The van der Waals surface area contributed by atoms with E-state index in [1.54, 1.807) is 0 Å². The molecule has 57 heavy (non-hydrogen) atoms. The Morgan fingerprint density at radius 1 is 0.456 bits per heavy atom. The summed E-state index contributed by atoms with van der Waals surface area (Å²) in [6.45, 7) is 8.99. The van der Waals surface area contributed by atoms with E-state index >= 15 is 0 Å². The van der Waals surface area contributed by atoms with E-state index in [0.717, 1.165) is 39.1 Å². The SMILES string of the molecule is CC1(C)c2cc(-c3cccc4c5cc6ccccc6cc5n(-c5nc(-c6ccccc6)cc(-c6ccccc6)n5)c34)ccc2-c2c1ccc1ccccc21.CCC. The summed E-state index contributed by atoms with van der Waals surface area (Å²) >= 11 is 0. The molecule has 274 valence electrons. The van der Waals surface area contributed by atoms with E-state index in [1.807, 2.05) is 12.1 Å². The first-order valence-electron chi connectivity index (χ1n) is 20.1. The van der Waals surface area contributed by atoms with Gasteiger partial charge in [-0.15, -0.1) is 0 Å². The number of aromatic nitrogens is 3. The Kier molecular flexibility index (Phi) is 8.34. The third kappa shape index (κ3) is 5.65. The largest absolute Gasteiger partial charge is 0.277 e. The van der Waals surface area contributed by atoms with Crippen molar-refractivity contribution in [2.45, 2.75) is 39.5 Å². The highest BCUT2D eigenvalue weighted by atomic mass is 15.2. The number of benzene rings is 8. The highest BCUT2D eigenvalue weighted by Crippen LogP contribution is 2.52. The molecule has 3 nitrogen and oxygen atoms in total. The van der Waals surface area contributed by atoms with Crippen LogP contribution in [-0.4, -0.2) is 14.5 Å². The number of fused-ring (bicyclic) bond motifs is 9. The van der Waals surface area contributed by atoms with Crippen molar-refractivity contribution >= 4 is 43.4 Å². The Bertz CT molecular complexity index is 3080. The van der Waals surface area contributed by atoms with Gasteiger partial charge in [0.05, 0.1) is 22.4 Å². The first-order valence-corrected chi connectivity index (χ1v) is 20.1. The van der Waals surface area contributed by atoms with E-state index < -0.39 is 0 Å². The van der Waals surface area contributed by atoms with Crippen molar-refractivity contribution in [2.24, 2.45) is 0 Å². The Morgan fingerprint density at radius 2 is 1.05 bits per heavy atom. The molecule has 0 atom stereocenters. The molecule has 10 aromatic rings. The minimum Gasteiger partial charge on any atom is -0.277 e. The maximum Gasteiger partial charge on any atom is 0.235 e. The molecule has 8 aromatic carbocycles. The third-order valence-corrected chi connectivity index (χ3v) is 11.6. The lowest BCUT2D eigenvalue weighted by atomic mass is 9.81. The lowest BCUT2D eigenvalue weighted by molar-refractivity contribution is 0.661. The van der Waals surface area contributed by atoms with Gasteiger partial charge in [0.25, 0.3) is 0 Å². The quantitative estimate of drug-likeness (QED) is 0.180. The van der Waals surface area contributed by atoms with Crippen LogP contribution in [0.25, 0.3) is 94.1 Å². The van der Waals surface area contributed by atoms with E-state index in [4.69, 9.17) is 9.97 Å². The molecule has 0 fully saturated rings. The Labute approximate surface area is 333 Å². The van der Waals surface area contributed by atoms with Crippen LogP contribution in [0.3, 0.4) is 0 Å². The van der Waals surface area contributed by atoms with Crippen LogP contribution in [0.5, 0.6) is 0 Å². The summed E-state index contributed by atoms with van der Waals surface area (Å²) in [5.74, 6) is 0.651. The van der Waals surface area contributed by atoms with Gasteiger partial charge in [0, 0.05) is 32.9 Å².